The predicted molar refractivity (Wildman–Crippen MR) is 93.8 cm³/mol. The third-order valence-electron chi connectivity index (χ3n) is 3.60. The SMILES string of the molecule is Cc1ccc(C)c(NCCC(=O)Nc2cccc(Cl)c2C)c1. The number of nitrogens with one attached hydrogen (secondary N) is 2. The highest BCUT2D eigenvalue weighted by molar-refractivity contribution is 6.31. The molecule has 4 heteroatoms. The van der Waals surface area contributed by atoms with Gasteiger partial charge in [0, 0.05) is 29.4 Å². The van der Waals surface area contributed by atoms with E-state index in [1.807, 2.05) is 25.1 Å². The molecule has 0 radical (unpaired) electrons. The zero-order valence-corrected chi connectivity index (χ0v) is 13.9. The molecule has 0 heterocycles. The summed E-state index contributed by atoms with van der Waals surface area (Å²) in [6.07, 6.45) is 0.402. The standard InChI is InChI=1S/C18H21ClN2O/c1-12-7-8-13(2)17(11-12)20-10-9-18(22)21-16-6-4-5-15(19)14(16)3/h4-8,11,20H,9-10H2,1-3H3,(H,21,22). The van der Waals surface area contributed by atoms with Gasteiger partial charge in [-0.3, -0.25) is 4.79 Å². The van der Waals surface area contributed by atoms with Crippen LogP contribution >= 0.6 is 11.6 Å². The van der Waals surface area contributed by atoms with Crippen molar-refractivity contribution in [3.05, 3.63) is 58.1 Å². The van der Waals surface area contributed by atoms with Crippen molar-refractivity contribution >= 4 is 28.9 Å². The molecule has 0 atom stereocenters. The fraction of sp³-hybridized carbons (Fsp3) is 0.278. The molecule has 0 aliphatic carbocycles. The van der Waals surface area contributed by atoms with Crippen molar-refractivity contribution in [1.29, 1.82) is 0 Å². The van der Waals surface area contributed by atoms with Crippen LogP contribution in [0.1, 0.15) is 23.1 Å². The average Bonchev–Trinajstić information content (AvgIpc) is 2.47. The lowest BCUT2D eigenvalue weighted by atomic mass is 10.1. The van der Waals surface area contributed by atoms with E-state index >= 15 is 0 Å². The Hall–Kier alpha value is -2.00. The van der Waals surface area contributed by atoms with E-state index < -0.39 is 0 Å². The van der Waals surface area contributed by atoms with E-state index in [-0.39, 0.29) is 5.91 Å². The van der Waals surface area contributed by atoms with Crippen molar-refractivity contribution in [3.63, 3.8) is 0 Å². The summed E-state index contributed by atoms with van der Waals surface area (Å²) >= 11 is 6.05. The van der Waals surface area contributed by atoms with Crippen LogP contribution in [0, 0.1) is 20.8 Å². The Balaban J connectivity index is 1.88. The molecule has 116 valence electrons. The Bertz CT molecular complexity index is 683. The molecule has 0 unspecified atom stereocenters. The maximum Gasteiger partial charge on any atom is 0.226 e. The molecule has 2 aromatic carbocycles. The predicted octanol–water partition coefficient (Wildman–Crippen LogP) is 4.71. The van der Waals surface area contributed by atoms with E-state index in [1.165, 1.54) is 11.1 Å². The number of anilines is 2. The fourth-order valence-electron chi connectivity index (χ4n) is 2.19. The van der Waals surface area contributed by atoms with Crippen molar-refractivity contribution in [1.82, 2.24) is 0 Å². The largest absolute Gasteiger partial charge is 0.384 e. The Morgan fingerprint density at radius 1 is 1.09 bits per heavy atom. The number of carbonyl (C=O) groups excluding carboxylic acids is 1. The summed E-state index contributed by atoms with van der Waals surface area (Å²) in [5.74, 6) is -0.0248. The van der Waals surface area contributed by atoms with Gasteiger partial charge in [-0.25, -0.2) is 0 Å². The van der Waals surface area contributed by atoms with Crippen LogP contribution in [-0.4, -0.2) is 12.5 Å². The van der Waals surface area contributed by atoms with Crippen molar-refractivity contribution in [2.75, 3.05) is 17.2 Å². The maximum absolute atomic E-state index is 12.0. The van der Waals surface area contributed by atoms with Crippen molar-refractivity contribution < 1.29 is 4.79 Å². The molecular weight excluding hydrogens is 296 g/mol. The van der Waals surface area contributed by atoms with E-state index in [1.54, 1.807) is 0 Å². The minimum absolute atomic E-state index is 0.0248. The molecular formula is C18H21ClN2O. The first kappa shape index (κ1) is 16.4. The Morgan fingerprint density at radius 2 is 1.86 bits per heavy atom. The summed E-state index contributed by atoms with van der Waals surface area (Å²) < 4.78 is 0. The van der Waals surface area contributed by atoms with Gasteiger partial charge in [-0.15, -0.1) is 0 Å². The topological polar surface area (TPSA) is 41.1 Å². The van der Waals surface area contributed by atoms with Gasteiger partial charge in [-0.05, 0) is 55.7 Å². The number of aryl methyl sites for hydroxylation is 2. The molecule has 0 aliphatic rings. The first-order valence-corrected chi connectivity index (χ1v) is 7.71. The van der Waals surface area contributed by atoms with Gasteiger partial charge in [0.15, 0.2) is 0 Å². The minimum atomic E-state index is -0.0248. The fourth-order valence-corrected chi connectivity index (χ4v) is 2.37. The number of amides is 1. The van der Waals surface area contributed by atoms with Gasteiger partial charge in [0.1, 0.15) is 0 Å². The van der Waals surface area contributed by atoms with Crippen LogP contribution in [0.25, 0.3) is 0 Å². The number of rotatable bonds is 5. The maximum atomic E-state index is 12.0. The average molecular weight is 317 g/mol. The zero-order chi connectivity index (χ0) is 16.1. The Kier molecular flexibility index (Phi) is 5.45. The quantitative estimate of drug-likeness (QED) is 0.839. The smallest absolute Gasteiger partial charge is 0.226 e. The van der Waals surface area contributed by atoms with Gasteiger partial charge >= 0.3 is 0 Å². The summed E-state index contributed by atoms with van der Waals surface area (Å²) in [4.78, 5) is 12.0. The molecule has 3 nitrogen and oxygen atoms in total. The molecule has 22 heavy (non-hydrogen) atoms. The third-order valence-corrected chi connectivity index (χ3v) is 4.01. The van der Waals surface area contributed by atoms with Crippen molar-refractivity contribution in [3.8, 4) is 0 Å². The number of carbonyl (C=O) groups is 1. The monoisotopic (exact) mass is 316 g/mol. The normalized spacial score (nSPS) is 10.4. The van der Waals surface area contributed by atoms with E-state index in [2.05, 4.69) is 42.7 Å². The number of hydrogen-bond acceptors (Lipinski definition) is 2. The molecule has 0 aromatic heterocycles. The van der Waals surface area contributed by atoms with Crippen molar-refractivity contribution in [2.45, 2.75) is 27.2 Å². The van der Waals surface area contributed by atoms with Crippen LogP contribution < -0.4 is 10.6 Å². The summed E-state index contributed by atoms with van der Waals surface area (Å²) in [5.41, 5.74) is 5.11. The molecule has 2 aromatic rings. The number of halogens is 1. The Morgan fingerprint density at radius 3 is 2.64 bits per heavy atom. The van der Waals surface area contributed by atoms with Crippen LogP contribution in [0.4, 0.5) is 11.4 Å². The highest BCUT2D eigenvalue weighted by Gasteiger charge is 2.07. The molecule has 0 spiro atoms. The van der Waals surface area contributed by atoms with Crippen LogP contribution in [0.5, 0.6) is 0 Å². The van der Waals surface area contributed by atoms with E-state index in [0.717, 1.165) is 16.9 Å². The van der Waals surface area contributed by atoms with Crippen molar-refractivity contribution in [2.24, 2.45) is 0 Å². The van der Waals surface area contributed by atoms with Gasteiger partial charge in [-0.1, -0.05) is 29.8 Å². The molecule has 0 saturated carbocycles. The van der Waals surface area contributed by atoms with Crippen LogP contribution in [0.3, 0.4) is 0 Å². The first-order chi connectivity index (χ1) is 10.5. The molecule has 0 fully saturated rings. The van der Waals surface area contributed by atoms with Gasteiger partial charge in [0.05, 0.1) is 0 Å². The van der Waals surface area contributed by atoms with Gasteiger partial charge in [0.25, 0.3) is 0 Å². The molecule has 0 aliphatic heterocycles. The molecule has 2 N–H and O–H groups in total. The molecule has 2 rings (SSSR count). The summed E-state index contributed by atoms with van der Waals surface area (Å²) in [6, 6.07) is 11.8. The molecule has 0 bridgehead atoms. The summed E-state index contributed by atoms with van der Waals surface area (Å²) in [6.45, 7) is 6.60. The number of hydrogen-bond donors (Lipinski definition) is 2. The lowest BCUT2D eigenvalue weighted by Gasteiger charge is -2.12. The lowest BCUT2D eigenvalue weighted by molar-refractivity contribution is -0.115. The van der Waals surface area contributed by atoms with Crippen LogP contribution in [-0.2, 0) is 4.79 Å². The zero-order valence-electron chi connectivity index (χ0n) is 13.2. The number of benzene rings is 2. The highest BCUT2D eigenvalue weighted by Crippen LogP contribution is 2.23. The highest BCUT2D eigenvalue weighted by atomic mass is 35.5. The summed E-state index contributed by atoms with van der Waals surface area (Å²) in [5, 5.41) is 6.87. The molecule has 0 saturated heterocycles. The second-order valence-corrected chi connectivity index (χ2v) is 5.86. The van der Waals surface area contributed by atoms with E-state index in [0.29, 0.717) is 18.0 Å². The second-order valence-electron chi connectivity index (χ2n) is 5.46. The van der Waals surface area contributed by atoms with Crippen LogP contribution in [0.2, 0.25) is 5.02 Å². The van der Waals surface area contributed by atoms with Crippen LogP contribution in [0.15, 0.2) is 36.4 Å². The van der Waals surface area contributed by atoms with E-state index in [9.17, 15) is 4.79 Å². The minimum Gasteiger partial charge on any atom is -0.384 e. The van der Waals surface area contributed by atoms with E-state index in [4.69, 9.17) is 11.6 Å². The third kappa shape index (κ3) is 4.25. The van der Waals surface area contributed by atoms with Gasteiger partial charge in [0.2, 0.25) is 5.91 Å². The molecule has 1 amide bonds. The summed E-state index contributed by atoms with van der Waals surface area (Å²) in [7, 11) is 0. The van der Waals surface area contributed by atoms with Gasteiger partial charge < -0.3 is 10.6 Å². The Labute approximate surface area is 136 Å². The first-order valence-electron chi connectivity index (χ1n) is 7.33. The van der Waals surface area contributed by atoms with Gasteiger partial charge in [-0.2, -0.15) is 0 Å². The lowest BCUT2D eigenvalue weighted by Crippen LogP contribution is -2.17. The second kappa shape index (κ2) is 7.32.